The first-order valence-corrected chi connectivity index (χ1v) is 6.44. The first kappa shape index (κ1) is 11.9. The maximum Gasteiger partial charge on any atom is 0.356 e. The van der Waals surface area contributed by atoms with Crippen molar-refractivity contribution in [2.45, 2.75) is 32.7 Å². The zero-order chi connectivity index (χ0) is 13.4. The Bertz CT molecular complexity index is 653. The largest absolute Gasteiger partial charge is 0.356 e. The van der Waals surface area contributed by atoms with Crippen molar-refractivity contribution < 1.29 is 0 Å². The van der Waals surface area contributed by atoms with E-state index in [1.54, 1.807) is 6.33 Å². The summed E-state index contributed by atoms with van der Waals surface area (Å²) in [5, 5.41) is 3.13. The van der Waals surface area contributed by atoms with Gasteiger partial charge in [0.25, 0.3) is 0 Å². The van der Waals surface area contributed by atoms with Crippen molar-refractivity contribution in [2.24, 2.45) is 0 Å². The van der Waals surface area contributed by atoms with Gasteiger partial charge in [0.2, 0.25) is 5.95 Å². The number of nitrogens with one attached hydrogen (secondary N) is 1. The number of hydrogen-bond donors (Lipinski definition) is 1. The highest BCUT2D eigenvalue weighted by atomic mass is 16.1. The van der Waals surface area contributed by atoms with Crippen LogP contribution >= 0.6 is 0 Å². The average molecular weight is 256 g/mol. The van der Waals surface area contributed by atoms with Gasteiger partial charge >= 0.3 is 5.69 Å². The van der Waals surface area contributed by atoms with Gasteiger partial charge in [-0.25, -0.2) is 9.78 Å². The fourth-order valence-electron chi connectivity index (χ4n) is 2.15. The summed E-state index contributed by atoms with van der Waals surface area (Å²) in [5.74, 6) is 0.426. The molecule has 1 fully saturated rings. The summed E-state index contributed by atoms with van der Waals surface area (Å²) in [6.07, 6.45) is 3.81. The Labute approximate surface area is 111 Å². The van der Waals surface area contributed by atoms with Crippen LogP contribution in [0.5, 0.6) is 0 Å². The van der Waals surface area contributed by atoms with Crippen LogP contribution in [-0.2, 0) is 0 Å². The maximum atomic E-state index is 12.1. The number of anilines is 1. The zero-order valence-corrected chi connectivity index (χ0v) is 11.1. The molecule has 0 spiro atoms. The van der Waals surface area contributed by atoms with Crippen molar-refractivity contribution >= 4 is 5.95 Å². The Kier molecular flexibility index (Phi) is 2.81. The fraction of sp³-hybridized carbons (Fsp3) is 0.357. The van der Waals surface area contributed by atoms with Crippen LogP contribution in [0.3, 0.4) is 0 Å². The molecule has 1 aliphatic rings. The van der Waals surface area contributed by atoms with Crippen LogP contribution in [0.15, 0.2) is 29.3 Å². The molecule has 1 aliphatic carbocycles. The molecule has 1 N–H and O–H groups in total. The van der Waals surface area contributed by atoms with Crippen molar-refractivity contribution in [1.82, 2.24) is 14.5 Å². The van der Waals surface area contributed by atoms with Crippen LogP contribution < -0.4 is 11.0 Å². The van der Waals surface area contributed by atoms with Crippen LogP contribution in [0, 0.1) is 13.8 Å². The Hall–Kier alpha value is -2.17. The molecular formula is C14H16N4O. The number of rotatable bonds is 3. The maximum absolute atomic E-state index is 12.1. The van der Waals surface area contributed by atoms with Gasteiger partial charge in [0.05, 0.1) is 5.69 Å². The molecule has 0 unspecified atom stereocenters. The molecule has 1 saturated carbocycles. The predicted molar refractivity (Wildman–Crippen MR) is 73.7 cm³/mol. The van der Waals surface area contributed by atoms with Gasteiger partial charge in [0, 0.05) is 6.04 Å². The van der Waals surface area contributed by atoms with Gasteiger partial charge in [-0.2, -0.15) is 4.98 Å². The van der Waals surface area contributed by atoms with E-state index in [2.05, 4.69) is 15.3 Å². The first-order chi connectivity index (χ1) is 9.15. The summed E-state index contributed by atoms with van der Waals surface area (Å²) >= 11 is 0. The number of aryl methyl sites for hydroxylation is 2. The minimum atomic E-state index is -0.296. The quantitative estimate of drug-likeness (QED) is 0.910. The summed E-state index contributed by atoms with van der Waals surface area (Å²) in [7, 11) is 0. The van der Waals surface area contributed by atoms with Gasteiger partial charge in [-0.1, -0.05) is 18.2 Å². The van der Waals surface area contributed by atoms with Gasteiger partial charge in [0.15, 0.2) is 0 Å². The van der Waals surface area contributed by atoms with E-state index in [1.165, 1.54) is 4.57 Å². The van der Waals surface area contributed by atoms with E-state index in [9.17, 15) is 4.79 Å². The summed E-state index contributed by atoms with van der Waals surface area (Å²) in [6, 6.07) is 6.37. The van der Waals surface area contributed by atoms with Crippen LogP contribution in [0.25, 0.3) is 5.69 Å². The number of hydrogen-bond acceptors (Lipinski definition) is 4. The lowest BCUT2D eigenvalue weighted by molar-refractivity contribution is 0.844. The second-order valence-electron chi connectivity index (χ2n) is 4.99. The van der Waals surface area contributed by atoms with Gasteiger partial charge in [-0.15, -0.1) is 0 Å². The third-order valence-electron chi connectivity index (χ3n) is 3.29. The number of nitrogens with zero attached hydrogens (tertiary/aromatic N) is 3. The van der Waals surface area contributed by atoms with Crippen LogP contribution in [-0.4, -0.2) is 20.6 Å². The molecule has 0 atom stereocenters. The third-order valence-corrected chi connectivity index (χ3v) is 3.29. The normalized spacial score (nSPS) is 14.4. The molecule has 98 valence electrons. The molecule has 0 saturated heterocycles. The van der Waals surface area contributed by atoms with E-state index in [-0.39, 0.29) is 5.69 Å². The SMILES string of the molecule is Cc1cccc(C)c1-n1cnc(NC2CC2)nc1=O. The highest BCUT2D eigenvalue weighted by Crippen LogP contribution is 2.22. The number of aromatic nitrogens is 3. The van der Waals surface area contributed by atoms with Gasteiger partial charge in [-0.3, -0.25) is 4.57 Å². The first-order valence-electron chi connectivity index (χ1n) is 6.44. The molecule has 5 nitrogen and oxygen atoms in total. The molecule has 3 rings (SSSR count). The van der Waals surface area contributed by atoms with Crippen molar-refractivity contribution in [3.05, 3.63) is 46.1 Å². The van der Waals surface area contributed by atoms with Crippen molar-refractivity contribution in [3.8, 4) is 5.69 Å². The van der Waals surface area contributed by atoms with Crippen molar-refractivity contribution in [1.29, 1.82) is 0 Å². The number of benzene rings is 1. The molecule has 0 amide bonds. The van der Waals surface area contributed by atoms with E-state index < -0.39 is 0 Å². The van der Waals surface area contributed by atoms with E-state index in [1.807, 2.05) is 32.0 Å². The highest BCUT2D eigenvalue weighted by Gasteiger charge is 2.22. The summed E-state index contributed by atoms with van der Waals surface area (Å²) < 4.78 is 1.50. The molecule has 19 heavy (non-hydrogen) atoms. The number of para-hydroxylation sites is 1. The molecule has 0 radical (unpaired) electrons. The molecule has 5 heteroatoms. The Morgan fingerprint density at radius 3 is 2.53 bits per heavy atom. The summed E-state index contributed by atoms with van der Waals surface area (Å²) in [6.45, 7) is 3.95. The zero-order valence-electron chi connectivity index (χ0n) is 11.1. The van der Waals surface area contributed by atoms with E-state index >= 15 is 0 Å². The second kappa shape index (κ2) is 4.50. The lowest BCUT2D eigenvalue weighted by Gasteiger charge is -2.11. The van der Waals surface area contributed by atoms with Gasteiger partial charge in [0.1, 0.15) is 6.33 Å². The van der Waals surface area contributed by atoms with E-state index in [4.69, 9.17) is 0 Å². The molecule has 0 bridgehead atoms. The Morgan fingerprint density at radius 2 is 1.95 bits per heavy atom. The van der Waals surface area contributed by atoms with Crippen molar-refractivity contribution in [2.75, 3.05) is 5.32 Å². The van der Waals surface area contributed by atoms with E-state index in [0.29, 0.717) is 12.0 Å². The monoisotopic (exact) mass is 256 g/mol. The smallest absolute Gasteiger partial charge is 0.351 e. The molecule has 2 aromatic rings. The molecule has 1 aromatic carbocycles. The lowest BCUT2D eigenvalue weighted by Crippen LogP contribution is -2.25. The second-order valence-corrected chi connectivity index (χ2v) is 4.99. The van der Waals surface area contributed by atoms with Crippen LogP contribution in [0.2, 0.25) is 0 Å². The fourth-order valence-corrected chi connectivity index (χ4v) is 2.15. The van der Waals surface area contributed by atoms with Gasteiger partial charge < -0.3 is 5.32 Å². The standard InChI is InChI=1S/C14H16N4O/c1-9-4-3-5-10(2)12(9)18-8-15-13(17-14(18)19)16-11-6-7-11/h3-5,8,11H,6-7H2,1-2H3,(H,16,17,19). The topological polar surface area (TPSA) is 59.8 Å². The average Bonchev–Trinajstić information content (AvgIpc) is 3.15. The van der Waals surface area contributed by atoms with Gasteiger partial charge in [-0.05, 0) is 37.8 Å². The Morgan fingerprint density at radius 1 is 1.26 bits per heavy atom. The highest BCUT2D eigenvalue weighted by molar-refractivity contribution is 5.46. The minimum Gasteiger partial charge on any atom is -0.351 e. The summed E-state index contributed by atoms with van der Waals surface area (Å²) in [5.41, 5.74) is 2.64. The molecule has 1 heterocycles. The third kappa shape index (κ3) is 2.36. The Balaban J connectivity index is 2.03. The molecular weight excluding hydrogens is 240 g/mol. The molecule has 0 aliphatic heterocycles. The predicted octanol–water partition coefficient (Wildman–Crippen LogP) is 1.82. The van der Waals surface area contributed by atoms with E-state index in [0.717, 1.165) is 29.7 Å². The van der Waals surface area contributed by atoms with Crippen molar-refractivity contribution in [3.63, 3.8) is 0 Å². The minimum absolute atomic E-state index is 0.296. The van der Waals surface area contributed by atoms with Crippen LogP contribution in [0.4, 0.5) is 5.95 Å². The lowest BCUT2D eigenvalue weighted by atomic mass is 10.1. The van der Waals surface area contributed by atoms with Crippen LogP contribution in [0.1, 0.15) is 24.0 Å². The summed E-state index contributed by atoms with van der Waals surface area (Å²) in [4.78, 5) is 20.3. The molecule has 1 aromatic heterocycles.